The minimum atomic E-state index is -0.833. The van der Waals surface area contributed by atoms with Crippen LogP contribution in [0.3, 0.4) is 0 Å². The molecule has 0 fully saturated rings. The fraction of sp³-hybridized carbons (Fsp3) is 0.594. The van der Waals surface area contributed by atoms with E-state index in [4.69, 9.17) is 9.90 Å². The first-order valence-corrected chi connectivity index (χ1v) is 16.0. The van der Waals surface area contributed by atoms with Gasteiger partial charge in [0.05, 0.1) is 0 Å². The van der Waals surface area contributed by atoms with E-state index in [1.54, 1.807) is 18.5 Å². The Morgan fingerprint density at radius 2 is 0.857 bits per heavy atom. The second kappa shape index (κ2) is 25.4. The molecule has 198 valence electrons. The van der Waals surface area contributed by atoms with Crippen molar-refractivity contribution in [2.75, 3.05) is 18.5 Å². The van der Waals surface area contributed by atoms with Crippen molar-refractivity contribution in [3.05, 3.63) is 60.7 Å². The standard InChI is InChI=1S/C18H39P.C12H10.C2H4O2/c1-4-7-10-13-16-19(17-14-11-8-5-2)18-15-12-9-6-3;1-3-7-11(8-4-1)12-9-5-2-6-10-12;1-2(3)4/h4-18H2,1-3H3;1-10H;1H3,(H,3,4). The highest BCUT2D eigenvalue weighted by atomic mass is 31.1. The number of carbonyl (C=O) groups is 1. The van der Waals surface area contributed by atoms with Crippen molar-refractivity contribution in [1.29, 1.82) is 0 Å². The summed E-state index contributed by atoms with van der Waals surface area (Å²) in [6.45, 7) is 8.04. The average Bonchev–Trinajstić information content (AvgIpc) is 2.87. The fourth-order valence-corrected chi connectivity index (χ4v) is 6.57. The highest BCUT2D eigenvalue weighted by Crippen LogP contribution is 2.39. The number of unbranched alkanes of at least 4 members (excludes halogenated alkanes) is 9. The molecule has 1 N–H and O–H groups in total. The molecule has 0 spiro atoms. The first-order valence-electron chi connectivity index (χ1n) is 14.1. The van der Waals surface area contributed by atoms with Crippen LogP contribution in [-0.2, 0) is 4.79 Å². The molecular weight excluding hydrogens is 447 g/mol. The second-order valence-corrected chi connectivity index (χ2v) is 12.0. The van der Waals surface area contributed by atoms with E-state index in [-0.39, 0.29) is 0 Å². The van der Waals surface area contributed by atoms with Gasteiger partial charge in [-0.25, -0.2) is 0 Å². The summed E-state index contributed by atoms with van der Waals surface area (Å²) in [6.07, 6.45) is 22.2. The van der Waals surface area contributed by atoms with E-state index in [0.717, 1.165) is 6.92 Å². The zero-order valence-corrected chi connectivity index (χ0v) is 24.1. The van der Waals surface area contributed by atoms with Crippen molar-refractivity contribution in [2.24, 2.45) is 0 Å². The van der Waals surface area contributed by atoms with Crippen molar-refractivity contribution in [3.63, 3.8) is 0 Å². The van der Waals surface area contributed by atoms with E-state index >= 15 is 0 Å². The molecule has 0 saturated heterocycles. The second-order valence-electron chi connectivity index (χ2n) is 9.27. The summed E-state index contributed by atoms with van der Waals surface area (Å²) in [5, 5.41) is 7.42. The molecule has 0 aliphatic heterocycles. The van der Waals surface area contributed by atoms with E-state index in [2.05, 4.69) is 69.3 Å². The number of benzene rings is 2. The topological polar surface area (TPSA) is 37.3 Å². The Morgan fingerprint density at radius 3 is 1.11 bits per heavy atom. The molecule has 0 saturated carbocycles. The summed E-state index contributed by atoms with van der Waals surface area (Å²) >= 11 is 0. The molecule has 0 aromatic heterocycles. The quantitative estimate of drug-likeness (QED) is 0.184. The lowest BCUT2D eigenvalue weighted by atomic mass is 10.1. The Balaban J connectivity index is 0.000000608. The highest BCUT2D eigenvalue weighted by Gasteiger charge is 2.07. The molecule has 0 atom stereocenters. The third-order valence-corrected chi connectivity index (χ3v) is 8.71. The van der Waals surface area contributed by atoms with Gasteiger partial charge in [0.1, 0.15) is 0 Å². The van der Waals surface area contributed by atoms with Crippen molar-refractivity contribution in [3.8, 4) is 11.1 Å². The molecule has 2 nitrogen and oxygen atoms in total. The maximum Gasteiger partial charge on any atom is 0.300 e. The van der Waals surface area contributed by atoms with Gasteiger partial charge in [0.25, 0.3) is 5.97 Å². The van der Waals surface area contributed by atoms with Gasteiger partial charge in [-0.1, -0.05) is 139 Å². The van der Waals surface area contributed by atoms with Gasteiger partial charge in [-0.05, 0) is 48.9 Å². The summed E-state index contributed by atoms with van der Waals surface area (Å²) in [4.78, 5) is 9.00. The van der Waals surface area contributed by atoms with E-state index < -0.39 is 5.97 Å². The van der Waals surface area contributed by atoms with Crippen LogP contribution in [0, 0.1) is 0 Å². The SMILES string of the molecule is CC(=O)O.CCCCCCP(CCCCCC)CCCCCC.c1ccc(-c2ccccc2)cc1. The third-order valence-electron chi connectivity index (χ3n) is 5.86. The molecule has 0 amide bonds. The zero-order valence-electron chi connectivity index (χ0n) is 23.2. The van der Waals surface area contributed by atoms with E-state index in [0.29, 0.717) is 7.92 Å². The molecule has 2 rings (SSSR count). The normalized spacial score (nSPS) is 10.2. The lowest BCUT2D eigenvalue weighted by Crippen LogP contribution is -1.97. The predicted octanol–water partition coefficient (Wildman–Crippen LogP) is 10.7. The molecule has 0 heterocycles. The highest BCUT2D eigenvalue weighted by molar-refractivity contribution is 7.57. The maximum atomic E-state index is 9.00. The van der Waals surface area contributed by atoms with Gasteiger partial charge in [0, 0.05) is 6.92 Å². The van der Waals surface area contributed by atoms with Crippen LogP contribution in [-0.4, -0.2) is 29.6 Å². The molecule has 0 aliphatic rings. The predicted molar refractivity (Wildman–Crippen MR) is 159 cm³/mol. The molecule has 2 aromatic rings. The zero-order chi connectivity index (χ0) is 26.0. The van der Waals surface area contributed by atoms with E-state index in [9.17, 15) is 0 Å². The minimum Gasteiger partial charge on any atom is -0.481 e. The molecule has 3 heteroatoms. The molecule has 0 radical (unpaired) electrons. The van der Waals surface area contributed by atoms with Crippen LogP contribution in [0.4, 0.5) is 0 Å². The largest absolute Gasteiger partial charge is 0.481 e. The van der Waals surface area contributed by atoms with E-state index in [1.165, 1.54) is 88.2 Å². The summed E-state index contributed by atoms with van der Waals surface area (Å²) in [6, 6.07) is 20.8. The van der Waals surface area contributed by atoms with Crippen LogP contribution in [0.5, 0.6) is 0 Å². The monoisotopic (exact) mass is 500 g/mol. The van der Waals surface area contributed by atoms with Crippen LogP contribution >= 0.6 is 7.92 Å². The van der Waals surface area contributed by atoms with Crippen LogP contribution in [0.25, 0.3) is 11.1 Å². The lowest BCUT2D eigenvalue weighted by Gasteiger charge is -2.17. The average molecular weight is 501 g/mol. The van der Waals surface area contributed by atoms with Gasteiger partial charge in [0.15, 0.2) is 0 Å². The van der Waals surface area contributed by atoms with E-state index in [1.807, 2.05) is 12.1 Å². The molecule has 0 unspecified atom stereocenters. The van der Waals surface area contributed by atoms with Gasteiger partial charge in [-0.2, -0.15) is 0 Å². The van der Waals surface area contributed by atoms with Crippen LogP contribution < -0.4 is 0 Å². The Bertz CT molecular complexity index is 617. The number of aliphatic carboxylic acids is 1. The first-order chi connectivity index (χ1) is 17.0. The number of rotatable bonds is 16. The van der Waals surface area contributed by atoms with Crippen LogP contribution in [0.1, 0.15) is 105 Å². The first kappa shape index (κ1) is 33.3. The number of hydrogen-bond acceptors (Lipinski definition) is 1. The minimum absolute atomic E-state index is 0.389. The van der Waals surface area contributed by atoms with Crippen LogP contribution in [0.15, 0.2) is 60.7 Å². The molecule has 2 aromatic carbocycles. The Labute approximate surface area is 218 Å². The van der Waals surface area contributed by atoms with Gasteiger partial charge in [-0.15, -0.1) is 7.92 Å². The lowest BCUT2D eigenvalue weighted by molar-refractivity contribution is -0.134. The molecule has 0 aliphatic carbocycles. The maximum absolute atomic E-state index is 9.00. The third kappa shape index (κ3) is 22.5. The molecule has 0 bridgehead atoms. The summed E-state index contributed by atoms with van der Waals surface area (Å²) in [7, 11) is 0.389. The van der Waals surface area contributed by atoms with Gasteiger partial charge in [0.2, 0.25) is 0 Å². The fourth-order valence-electron chi connectivity index (χ4n) is 3.88. The number of hydrogen-bond donors (Lipinski definition) is 1. The molecular formula is C32H53O2P. The summed E-state index contributed by atoms with van der Waals surface area (Å²) < 4.78 is 0. The Kier molecular flexibility index (Phi) is 24.2. The van der Waals surface area contributed by atoms with Gasteiger partial charge < -0.3 is 5.11 Å². The van der Waals surface area contributed by atoms with Crippen molar-refractivity contribution >= 4 is 13.9 Å². The van der Waals surface area contributed by atoms with Gasteiger partial charge in [-0.3, -0.25) is 4.79 Å². The van der Waals surface area contributed by atoms with Crippen LogP contribution in [0.2, 0.25) is 0 Å². The van der Waals surface area contributed by atoms with Crippen molar-refractivity contribution < 1.29 is 9.90 Å². The molecule has 35 heavy (non-hydrogen) atoms. The Hall–Kier alpha value is -1.66. The Morgan fingerprint density at radius 1 is 0.571 bits per heavy atom. The van der Waals surface area contributed by atoms with Crippen molar-refractivity contribution in [2.45, 2.75) is 105 Å². The van der Waals surface area contributed by atoms with Gasteiger partial charge >= 0.3 is 0 Å². The summed E-state index contributed by atoms with van der Waals surface area (Å²) in [5.41, 5.74) is 2.55. The number of carboxylic acid groups (broad SMARTS) is 1. The van der Waals surface area contributed by atoms with Crippen molar-refractivity contribution in [1.82, 2.24) is 0 Å². The summed E-state index contributed by atoms with van der Waals surface area (Å²) in [5.74, 6) is -0.833. The number of carboxylic acids is 1. The smallest absolute Gasteiger partial charge is 0.300 e.